The fraction of sp³-hybridized carbons (Fsp3) is 1.00. The second-order valence-electron chi connectivity index (χ2n) is 4.20. The minimum atomic E-state index is -0.417. The van der Waals surface area contributed by atoms with Gasteiger partial charge in [0.1, 0.15) is 0 Å². The zero-order valence-corrected chi connectivity index (χ0v) is 19.3. The van der Waals surface area contributed by atoms with Crippen LogP contribution in [0.1, 0.15) is 55.4 Å². The fourth-order valence-electron chi connectivity index (χ4n) is 0. The number of hydrogen-bond donors (Lipinski definition) is 0. The van der Waals surface area contributed by atoms with Gasteiger partial charge < -0.3 is 20.4 Å². The Kier molecular flexibility index (Phi) is 62.2. The predicted molar refractivity (Wildman–Crippen MR) is 77.6 cm³/mol. The topological polar surface area (TPSA) is 92.2 Å². The number of rotatable bonds is 0. The SMILES string of the molecule is CC(C)[O-].CC(C)[O-].CC(C)[O-].CC(C)[O-].[GeH2+2].[GeH2+2]. The molecule has 0 N–H and O–H groups in total. The molecule has 0 aromatic rings. The van der Waals surface area contributed by atoms with Crippen LogP contribution in [0.5, 0.6) is 0 Å². The van der Waals surface area contributed by atoms with Gasteiger partial charge in [-0.25, -0.2) is 0 Å². The molecular weight excluding hydrogens is 353 g/mol. The Morgan fingerprint density at radius 1 is 0.389 bits per heavy atom. The summed E-state index contributed by atoms with van der Waals surface area (Å²) in [5, 5.41) is 38.1. The summed E-state index contributed by atoms with van der Waals surface area (Å²) in [7, 11) is 0. The van der Waals surface area contributed by atoms with Crippen molar-refractivity contribution in [3.63, 3.8) is 0 Å². The van der Waals surface area contributed by atoms with Crippen molar-refractivity contribution in [3.8, 4) is 0 Å². The first kappa shape index (κ1) is 36.4. The van der Waals surface area contributed by atoms with Gasteiger partial charge in [-0.15, -0.1) is 24.4 Å². The predicted octanol–water partition coefficient (Wildman–Crippen LogP) is -2.81. The third-order valence-electron chi connectivity index (χ3n) is 0. The molecule has 0 aliphatic heterocycles. The van der Waals surface area contributed by atoms with E-state index >= 15 is 0 Å². The van der Waals surface area contributed by atoms with Crippen molar-refractivity contribution < 1.29 is 20.4 Å². The Morgan fingerprint density at radius 2 is 0.389 bits per heavy atom. The molecule has 0 atom stereocenters. The van der Waals surface area contributed by atoms with Gasteiger partial charge in [-0.2, -0.15) is 0 Å². The van der Waals surface area contributed by atoms with Gasteiger partial charge in [-0.1, -0.05) is 55.4 Å². The second-order valence-corrected chi connectivity index (χ2v) is 4.20. The Morgan fingerprint density at radius 3 is 0.389 bits per heavy atom. The van der Waals surface area contributed by atoms with E-state index in [4.69, 9.17) is 0 Å². The summed E-state index contributed by atoms with van der Waals surface area (Å²) in [6, 6.07) is 0. The van der Waals surface area contributed by atoms with Crippen LogP contribution in [0.4, 0.5) is 0 Å². The van der Waals surface area contributed by atoms with Gasteiger partial charge in [0.05, 0.1) is 0 Å². The van der Waals surface area contributed by atoms with E-state index in [0.717, 1.165) is 0 Å². The standard InChI is InChI=1S/4C3H7O.2GeH2/c4*1-3(2)4;;/h4*3H,1-2H3;2*1H2/q4*-1;2*+2. The molecule has 0 unspecified atom stereocenters. The summed E-state index contributed by atoms with van der Waals surface area (Å²) in [5.74, 6) is 0. The van der Waals surface area contributed by atoms with E-state index in [2.05, 4.69) is 0 Å². The molecule has 0 aromatic carbocycles. The van der Waals surface area contributed by atoms with Crippen LogP contribution in [-0.2, 0) is 0 Å². The van der Waals surface area contributed by atoms with Crippen molar-refractivity contribution >= 4 is 35.2 Å². The van der Waals surface area contributed by atoms with Crippen molar-refractivity contribution in [1.29, 1.82) is 0 Å². The van der Waals surface area contributed by atoms with Crippen LogP contribution in [0.15, 0.2) is 0 Å². The quantitative estimate of drug-likeness (QED) is 0.421. The summed E-state index contributed by atoms with van der Waals surface area (Å²) in [4.78, 5) is 0. The van der Waals surface area contributed by atoms with Crippen molar-refractivity contribution in [3.05, 3.63) is 0 Å². The van der Waals surface area contributed by atoms with E-state index in [0.29, 0.717) is 0 Å². The first-order valence-electron chi connectivity index (χ1n) is 5.56. The normalized spacial score (nSPS) is 8.00. The van der Waals surface area contributed by atoms with Crippen molar-refractivity contribution in [2.45, 2.75) is 79.8 Å². The molecule has 4 nitrogen and oxygen atoms in total. The van der Waals surface area contributed by atoms with Gasteiger partial charge in [0.2, 0.25) is 0 Å². The molecule has 0 aliphatic rings. The maximum absolute atomic E-state index is 9.53. The van der Waals surface area contributed by atoms with Gasteiger partial charge in [0.25, 0.3) is 0 Å². The molecule has 0 fully saturated rings. The average molecular weight is 386 g/mol. The van der Waals surface area contributed by atoms with Crippen molar-refractivity contribution in [1.82, 2.24) is 0 Å². The Balaban J connectivity index is -0.0000000257. The molecule has 0 spiro atoms. The van der Waals surface area contributed by atoms with Crippen LogP contribution in [0, 0.1) is 0 Å². The van der Waals surface area contributed by atoms with E-state index < -0.39 is 24.4 Å². The van der Waals surface area contributed by atoms with Crippen LogP contribution in [0.25, 0.3) is 0 Å². The van der Waals surface area contributed by atoms with Crippen LogP contribution >= 0.6 is 0 Å². The average Bonchev–Trinajstić information content (AvgIpc) is 1.76. The fourth-order valence-corrected chi connectivity index (χ4v) is 0. The first-order valence-corrected chi connectivity index (χ1v) is 5.56. The summed E-state index contributed by atoms with van der Waals surface area (Å²) in [5.41, 5.74) is 0. The second kappa shape index (κ2) is 30.7. The van der Waals surface area contributed by atoms with Gasteiger partial charge in [-0.3, -0.25) is 0 Å². The molecular formula is C12H32Ge2O4. The number of hydrogen-bond acceptors (Lipinski definition) is 4. The Bertz CT molecular complexity index is 65.1. The third kappa shape index (κ3) is 5010. The zero-order chi connectivity index (χ0) is 14.3. The monoisotopic (exact) mass is 388 g/mol. The minimum absolute atomic E-state index is 0. The molecule has 18 heavy (non-hydrogen) atoms. The van der Waals surface area contributed by atoms with Gasteiger partial charge >= 0.3 is 35.2 Å². The Hall–Kier alpha value is 0.926. The molecule has 0 radical (unpaired) electrons. The third-order valence-corrected chi connectivity index (χ3v) is 0. The molecule has 0 rings (SSSR count). The zero-order valence-electron chi connectivity index (χ0n) is 13.4. The van der Waals surface area contributed by atoms with Gasteiger partial charge in [-0.05, 0) is 0 Å². The molecule has 6 heteroatoms. The molecule has 0 saturated heterocycles. The molecule has 0 bridgehead atoms. The van der Waals surface area contributed by atoms with Gasteiger partial charge in [0, 0.05) is 0 Å². The molecule has 0 heterocycles. The molecule has 0 saturated carbocycles. The van der Waals surface area contributed by atoms with Crippen molar-refractivity contribution in [2.24, 2.45) is 0 Å². The van der Waals surface area contributed by atoms with Gasteiger partial charge in [0.15, 0.2) is 0 Å². The van der Waals surface area contributed by atoms with Crippen LogP contribution in [0.2, 0.25) is 0 Å². The van der Waals surface area contributed by atoms with E-state index in [9.17, 15) is 20.4 Å². The molecule has 0 aliphatic carbocycles. The van der Waals surface area contributed by atoms with E-state index in [1.54, 1.807) is 55.4 Å². The first-order chi connectivity index (χ1) is 6.93. The summed E-state index contributed by atoms with van der Waals surface area (Å²) in [6.45, 7) is 12.9. The Labute approximate surface area is 135 Å². The maximum atomic E-state index is 9.53. The summed E-state index contributed by atoms with van der Waals surface area (Å²) < 4.78 is 0. The van der Waals surface area contributed by atoms with E-state index in [1.807, 2.05) is 0 Å². The van der Waals surface area contributed by atoms with Crippen molar-refractivity contribution in [2.75, 3.05) is 0 Å². The molecule has 0 aromatic heterocycles. The van der Waals surface area contributed by atoms with Crippen LogP contribution in [-0.4, -0.2) is 59.6 Å². The van der Waals surface area contributed by atoms with Crippen LogP contribution in [0.3, 0.4) is 0 Å². The molecule has 112 valence electrons. The summed E-state index contributed by atoms with van der Waals surface area (Å²) in [6.07, 6.45) is -1.67. The van der Waals surface area contributed by atoms with Crippen LogP contribution < -0.4 is 20.4 Å². The summed E-state index contributed by atoms with van der Waals surface area (Å²) >= 11 is 0. The van der Waals surface area contributed by atoms with E-state index in [-0.39, 0.29) is 35.2 Å². The van der Waals surface area contributed by atoms with E-state index in [1.165, 1.54) is 0 Å². The molecule has 0 amide bonds.